The second kappa shape index (κ2) is 9.17. The molecule has 3 aromatic rings. The van der Waals surface area contributed by atoms with Crippen molar-refractivity contribution in [2.75, 3.05) is 5.32 Å². The zero-order valence-corrected chi connectivity index (χ0v) is 17.6. The van der Waals surface area contributed by atoms with Crippen LogP contribution in [0.25, 0.3) is 5.70 Å². The number of allylic oxidation sites excluding steroid dienone is 1. The third-order valence-corrected chi connectivity index (χ3v) is 4.88. The fourth-order valence-electron chi connectivity index (χ4n) is 2.25. The average molecular weight is 491 g/mol. The summed E-state index contributed by atoms with van der Waals surface area (Å²) in [6.07, 6.45) is 3.74. The Morgan fingerprint density at radius 1 is 0.808 bits per heavy atom. The van der Waals surface area contributed by atoms with E-state index in [4.69, 9.17) is 11.6 Å². The highest BCUT2D eigenvalue weighted by atomic mass is 79.9. The van der Waals surface area contributed by atoms with Crippen LogP contribution in [0.15, 0.2) is 92.8 Å². The number of anilines is 1. The Labute approximate surface area is 174 Å². The van der Waals surface area contributed by atoms with E-state index in [1.54, 1.807) is 6.21 Å². The second-order valence-corrected chi connectivity index (χ2v) is 7.74. The predicted molar refractivity (Wildman–Crippen MR) is 119 cm³/mol. The largest absolute Gasteiger partial charge is 0.355 e. The summed E-state index contributed by atoms with van der Waals surface area (Å²) in [7, 11) is 0. The van der Waals surface area contributed by atoms with Crippen LogP contribution in [0, 0.1) is 0 Å². The van der Waals surface area contributed by atoms with E-state index in [0.717, 1.165) is 31.6 Å². The number of rotatable bonds is 5. The quantitative estimate of drug-likeness (QED) is 0.364. The minimum atomic E-state index is 0.709. The molecule has 3 rings (SSSR count). The topological polar surface area (TPSA) is 24.4 Å². The Bertz CT molecular complexity index is 916. The van der Waals surface area contributed by atoms with Gasteiger partial charge < -0.3 is 5.32 Å². The Kier molecular flexibility index (Phi) is 6.67. The van der Waals surface area contributed by atoms with Crippen LogP contribution >= 0.6 is 43.5 Å². The van der Waals surface area contributed by atoms with E-state index in [1.165, 1.54) is 0 Å². The Hall–Kier alpha value is -1.88. The van der Waals surface area contributed by atoms with Gasteiger partial charge in [0.15, 0.2) is 0 Å². The Morgan fingerprint density at radius 2 is 1.38 bits per heavy atom. The summed E-state index contributed by atoms with van der Waals surface area (Å²) >= 11 is 12.9. The molecule has 2 nitrogen and oxygen atoms in total. The first kappa shape index (κ1) is 18.9. The highest BCUT2D eigenvalue weighted by molar-refractivity contribution is 9.10. The van der Waals surface area contributed by atoms with Crippen LogP contribution in [-0.4, -0.2) is 6.21 Å². The molecule has 0 aliphatic rings. The molecule has 0 atom stereocenters. The number of nitrogens with one attached hydrogen (secondary N) is 1. The van der Waals surface area contributed by atoms with E-state index in [1.807, 2.05) is 78.9 Å². The molecule has 130 valence electrons. The number of halogens is 3. The lowest BCUT2D eigenvalue weighted by atomic mass is 10.1. The van der Waals surface area contributed by atoms with Crippen molar-refractivity contribution < 1.29 is 0 Å². The molecule has 0 heterocycles. The normalized spacial score (nSPS) is 11.7. The van der Waals surface area contributed by atoms with Crippen molar-refractivity contribution >= 4 is 66.7 Å². The molecule has 0 saturated heterocycles. The van der Waals surface area contributed by atoms with Gasteiger partial charge in [-0.05, 0) is 72.3 Å². The smallest absolute Gasteiger partial charge is 0.0630 e. The molecule has 0 bridgehead atoms. The van der Waals surface area contributed by atoms with Crippen LogP contribution in [-0.2, 0) is 0 Å². The maximum absolute atomic E-state index is 6.02. The number of hydrogen-bond donors (Lipinski definition) is 1. The second-order valence-electron chi connectivity index (χ2n) is 5.47. The van der Waals surface area contributed by atoms with Gasteiger partial charge >= 0.3 is 0 Å². The van der Waals surface area contributed by atoms with Crippen molar-refractivity contribution in [3.05, 3.63) is 98.4 Å². The van der Waals surface area contributed by atoms with Gasteiger partial charge in [0.05, 0.1) is 5.69 Å². The van der Waals surface area contributed by atoms with E-state index >= 15 is 0 Å². The molecule has 0 fully saturated rings. The van der Waals surface area contributed by atoms with E-state index < -0.39 is 0 Å². The SMILES string of the molecule is Clc1ccc(/C(=C\C=Nc2ccc(Br)cc2)Nc2ccc(Br)cc2)cc1. The lowest BCUT2D eigenvalue weighted by Crippen LogP contribution is -1.99. The lowest BCUT2D eigenvalue weighted by molar-refractivity contribution is 1.51. The molecule has 0 amide bonds. The molecule has 0 radical (unpaired) electrons. The van der Waals surface area contributed by atoms with E-state index in [9.17, 15) is 0 Å². The summed E-state index contributed by atoms with van der Waals surface area (Å²) in [4.78, 5) is 4.49. The van der Waals surface area contributed by atoms with Crippen molar-refractivity contribution in [1.82, 2.24) is 0 Å². The summed E-state index contributed by atoms with van der Waals surface area (Å²) < 4.78 is 2.07. The molecule has 0 aliphatic carbocycles. The highest BCUT2D eigenvalue weighted by Gasteiger charge is 2.02. The molecule has 5 heteroatoms. The van der Waals surface area contributed by atoms with Gasteiger partial charge in [-0.1, -0.05) is 55.6 Å². The molecule has 3 aromatic carbocycles. The number of aliphatic imine (C=N–C) groups is 1. The van der Waals surface area contributed by atoms with Crippen molar-refractivity contribution in [3.8, 4) is 0 Å². The van der Waals surface area contributed by atoms with Gasteiger partial charge in [-0.2, -0.15) is 0 Å². The van der Waals surface area contributed by atoms with Crippen LogP contribution in [0.4, 0.5) is 11.4 Å². The van der Waals surface area contributed by atoms with E-state index in [0.29, 0.717) is 5.02 Å². The minimum absolute atomic E-state index is 0.709. The van der Waals surface area contributed by atoms with Gasteiger partial charge in [0.1, 0.15) is 0 Å². The maximum Gasteiger partial charge on any atom is 0.0630 e. The van der Waals surface area contributed by atoms with Gasteiger partial charge in [0.2, 0.25) is 0 Å². The zero-order valence-electron chi connectivity index (χ0n) is 13.7. The summed E-state index contributed by atoms with van der Waals surface area (Å²) in [5.74, 6) is 0. The molecule has 26 heavy (non-hydrogen) atoms. The van der Waals surface area contributed by atoms with Gasteiger partial charge in [0.25, 0.3) is 0 Å². The van der Waals surface area contributed by atoms with Gasteiger partial charge in [-0.25, -0.2) is 0 Å². The fourth-order valence-corrected chi connectivity index (χ4v) is 2.91. The number of nitrogens with zero attached hydrogens (tertiary/aromatic N) is 1. The summed E-state index contributed by atoms with van der Waals surface area (Å²) in [6.45, 7) is 0. The van der Waals surface area contributed by atoms with Crippen LogP contribution in [0.1, 0.15) is 5.56 Å². The van der Waals surface area contributed by atoms with Crippen molar-refractivity contribution in [1.29, 1.82) is 0 Å². The summed E-state index contributed by atoms with van der Waals surface area (Å²) in [5, 5.41) is 4.14. The van der Waals surface area contributed by atoms with Crippen molar-refractivity contribution in [2.45, 2.75) is 0 Å². The number of hydrogen-bond acceptors (Lipinski definition) is 2. The van der Waals surface area contributed by atoms with Crippen molar-refractivity contribution in [2.24, 2.45) is 4.99 Å². The molecule has 0 aliphatic heterocycles. The molecular formula is C21H15Br2ClN2. The monoisotopic (exact) mass is 488 g/mol. The van der Waals surface area contributed by atoms with Crippen LogP contribution in [0.5, 0.6) is 0 Å². The van der Waals surface area contributed by atoms with E-state index in [-0.39, 0.29) is 0 Å². The first-order chi connectivity index (χ1) is 12.6. The maximum atomic E-state index is 6.02. The van der Waals surface area contributed by atoms with Crippen molar-refractivity contribution in [3.63, 3.8) is 0 Å². The zero-order chi connectivity index (χ0) is 18.4. The molecule has 0 spiro atoms. The van der Waals surface area contributed by atoms with Gasteiger partial charge in [-0.15, -0.1) is 0 Å². The first-order valence-corrected chi connectivity index (χ1v) is 9.85. The fraction of sp³-hybridized carbons (Fsp3) is 0. The molecule has 1 N–H and O–H groups in total. The molecule has 0 aromatic heterocycles. The minimum Gasteiger partial charge on any atom is -0.355 e. The van der Waals surface area contributed by atoms with E-state index in [2.05, 4.69) is 42.2 Å². The Balaban J connectivity index is 1.87. The van der Waals surface area contributed by atoms with Crippen LogP contribution < -0.4 is 5.32 Å². The van der Waals surface area contributed by atoms with Crippen LogP contribution in [0.3, 0.4) is 0 Å². The summed E-state index contributed by atoms with van der Waals surface area (Å²) in [5.41, 5.74) is 3.85. The van der Waals surface area contributed by atoms with Gasteiger partial charge in [-0.3, -0.25) is 4.99 Å². The van der Waals surface area contributed by atoms with Gasteiger partial charge in [0, 0.05) is 31.6 Å². The predicted octanol–water partition coefficient (Wildman–Crippen LogP) is 7.72. The lowest BCUT2D eigenvalue weighted by Gasteiger charge is -2.11. The summed E-state index contributed by atoms with van der Waals surface area (Å²) in [6, 6.07) is 23.6. The van der Waals surface area contributed by atoms with Crippen LogP contribution in [0.2, 0.25) is 5.02 Å². The first-order valence-electron chi connectivity index (χ1n) is 7.88. The number of benzene rings is 3. The highest BCUT2D eigenvalue weighted by Crippen LogP contribution is 2.22. The molecule has 0 saturated carbocycles. The third kappa shape index (κ3) is 5.56. The third-order valence-electron chi connectivity index (χ3n) is 3.57. The standard InChI is InChI=1S/C21H15Br2ClN2/c22-16-3-9-19(10-4-16)25-14-13-21(15-1-7-18(24)8-2-15)26-20-11-5-17(23)6-12-20/h1-14,26H/b21-13+,25-14?. The average Bonchev–Trinajstić information content (AvgIpc) is 2.65. The molecule has 0 unspecified atom stereocenters. The molecular weight excluding hydrogens is 476 g/mol. The Morgan fingerprint density at radius 3 is 2.00 bits per heavy atom.